The maximum atomic E-state index is 10.9. The number of ether oxygens (including phenoxy) is 1. The van der Waals surface area contributed by atoms with Gasteiger partial charge in [-0.2, -0.15) is 12.6 Å². The van der Waals surface area contributed by atoms with Crippen molar-refractivity contribution >= 4 is 24.4 Å². The van der Waals surface area contributed by atoms with Gasteiger partial charge < -0.3 is 4.74 Å². The topological polar surface area (TPSA) is 43.4 Å². The molecule has 0 aromatic heterocycles. The predicted molar refractivity (Wildman–Crippen MR) is 47.1 cm³/mol. The summed E-state index contributed by atoms with van der Waals surface area (Å²) >= 11 is 4.05. The van der Waals surface area contributed by atoms with E-state index in [0.717, 1.165) is 0 Å². The first kappa shape index (κ1) is 9.58. The molecule has 3 nitrogen and oxygen atoms in total. The SMILES string of the molecule is CC(=O)OCC1CC(=O)C1CS. The molecule has 4 heteroatoms. The molecule has 1 aliphatic rings. The van der Waals surface area contributed by atoms with Crippen LogP contribution in [0.2, 0.25) is 0 Å². The standard InChI is InChI=1S/C8H12O3S/c1-5(9)11-3-6-2-8(10)7(6)4-12/h6-7,12H,2-4H2,1H3. The second-order valence-electron chi connectivity index (χ2n) is 3.02. The Labute approximate surface area is 76.9 Å². The zero-order valence-corrected chi connectivity index (χ0v) is 7.84. The van der Waals surface area contributed by atoms with E-state index >= 15 is 0 Å². The van der Waals surface area contributed by atoms with Crippen molar-refractivity contribution in [3.8, 4) is 0 Å². The third-order valence-corrected chi connectivity index (χ3v) is 2.54. The van der Waals surface area contributed by atoms with Gasteiger partial charge >= 0.3 is 5.97 Å². The lowest BCUT2D eigenvalue weighted by atomic mass is 9.74. The molecule has 0 spiro atoms. The molecule has 2 atom stereocenters. The molecule has 1 aliphatic carbocycles. The Bertz CT molecular complexity index is 202. The summed E-state index contributed by atoms with van der Waals surface area (Å²) in [7, 11) is 0. The largest absolute Gasteiger partial charge is 0.466 e. The molecule has 0 radical (unpaired) electrons. The van der Waals surface area contributed by atoms with Crippen molar-refractivity contribution in [3.05, 3.63) is 0 Å². The van der Waals surface area contributed by atoms with Gasteiger partial charge in [-0.25, -0.2) is 0 Å². The van der Waals surface area contributed by atoms with Crippen molar-refractivity contribution in [2.75, 3.05) is 12.4 Å². The molecule has 1 rings (SSSR count). The molecule has 1 saturated carbocycles. The minimum atomic E-state index is -0.285. The number of ketones is 1. The minimum Gasteiger partial charge on any atom is -0.466 e. The summed E-state index contributed by atoms with van der Waals surface area (Å²) in [6, 6.07) is 0. The van der Waals surface area contributed by atoms with Gasteiger partial charge in [0.05, 0.1) is 6.61 Å². The average Bonchev–Trinajstić information content (AvgIpc) is 1.97. The van der Waals surface area contributed by atoms with Crippen LogP contribution in [0.5, 0.6) is 0 Å². The zero-order chi connectivity index (χ0) is 9.14. The number of rotatable bonds is 3. The third kappa shape index (κ3) is 2.00. The quantitative estimate of drug-likeness (QED) is 0.523. The Hall–Kier alpha value is -0.510. The molecule has 0 aromatic rings. The molecule has 68 valence electrons. The maximum Gasteiger partial charge on any atom is 0.302 e. The number of hydrogen-bond donors (Lipinski definition) is 1. The van der Waals surface area contributed by atoms with Crippen LogP contribution >= 0.6 is 12.6 Å². The maximum absolute atomic E-state index is 10.9. The van der Waals surface area contributed by atoms with Crippen LogP contribution < -0.4 is 0 Å². The summed E-state index contributed by atoms with van der Waals surface area (Å²) in [6.07, 6.45) is 0.540. The van der Waals surface area contributed by atoms with E-state index in [-0.39, 0.29) is 23.6 Å². The van der Waals surface area contributed by atoms with Crippen molar-refractivity contribution < 1.29 is 14.3 Å². The highest BCUT2D eigenvalue weighted by molar-refractivity contribution is 7.80. The van der Waals surface area contributed by atoms with E-state index in [4.69, 9.17) is 4.74 Å². The summed E-state index contributed by atoms with van der Waals surface area (Å²) in [5.41, 5.74) is 0. The fourth-order valence-electron chi connectivity index (χ4n) is 1.30. The highest BCUT2D eigenvalue weighted by Gasteiger charge is 2.38. The molecular weight excluding hydrogens is 176 g/mol. The van der Waals surface area contributed by atoms with Crippen LogP contribution in [-0.2, 0) is 14.3 Å². The highest BCUT2D eigenvalue weighted by atomic mass is 32.1. The van der Waals surface area contributed by atoms with Gasteiger partial charge in [-0.1, -0.05) is 0 Å². The van der Waals surface area contributed by atoms with Crippen molar-refractivity contribution in [2.45, 2.75) is 13.3 Å². The van der Waals surface area contributed by atoms with Gasteiger partial charge in [-0.15, -0.1) is 0 Å². The van der Waals surface area contributed by atoms with Gasteiger partial charge in [-0.3, -0.25) is 9.59 Å². The number of carbonyl (C=O) groups excluding carboxylic acids is 2. The molecule has 0 aliphatic heterocycles. The molecule has 0 aromatic carbocycles. The van der Waals surface area contributed by atoms with Gasteiger partial charge in [0.15, 0.2) is 0 Å². The van der Waals surface area contributed by atoms with Gasteiger partial charge in [-0.05, 0) is 0 Å². The van der Waals surface area contributed by atoms with Crippen LogP contribution in [0.1, 0.15) is 13.3 Å². The van der Waals surface area contributed by atoms with Gasteiger partial charge in [0.2, 0.25) is 0 Å². The Balaban J connectivity index is 2.26. The van der Waals surface area contributed by atoms with E-state index in [1.807, 2.05) is 0 Å². The summed E-state index contributed by atoms with van der Waals surface area (Å²) in [4.78, 5) is 21.4. The monoisotopic (exact) mass is 188 g/mol. The first-order valence-electron chi connectivity index (χ1n) is 3.92. The second-order valence-corrected chi connectivity index (χ2v) is 3.39. The number of Topliss-reactive ketones (excluding diaryl/α,β-unsaturated/α-hetero) is 1. The third-order valence-electron chi connectivity index (χ3n) is 2.14. The molecular formula is C8H12O3S. The van der Waals surface area contributed by atoms with Gasteiger partial charge in [0.25, 0.3) is 0 Å². The Morgan fingerprint density at radius 3 is 2.83 bits per heavy atom. The first-order valence-corrected chi connectivity index (χ1v) is 4.55. The van der Waals surface area contributed by atoms with Crippen molar-refractivity contribution in [3.63, 3.8) is 0 Å². The molecule has 2 unspecified atom stereocenters. The highest BCUT2D eigenvalue weighted by Crippen LogP contribution is 2.31. The lowest BCUT2D eigenvalue weighted by molar-refractivity contribution is -0.148. The molecule has 0 bridgehead atoms. The summed E-state index contributed by atoms with van der Waals surface area (Å²) in [5.74, 6) is 0.728. The second kappa shape index (κ2) is 3.94. The predicted octanol–water partition coefficient (Wildman–Crippen LogP) is 0.685. The Morgan fingerprint density at radius 1 is 1.75 bits per heavy atom. The Kier molecular flexibility index (Phi) is 3.14. The minimum absolute atomic E-state index is 0.00711. The number of carbonyl (C=O) groups is 2. The summed E-state index contributed by atoms with van der Waals surface area (Å²) in [5, 5.41) is 0. The average molecular weight is 188 g/mol. The molecule has 0 N–H and O–H groups in total. The smallest absolute Gasteiger partial charge is 0.302 e. The van der Waals surface area contributed by atoms with Crippen LogP contribution in [0.25, 0.3) is 0 Å². The van der Waals surface area contributed by atoms with Crippen LogP contribution in [0.4, 0.5) is 0 Å². The fraction of sp³-hybridized carbons (Fsp3) is 0.750. The van der Waals surface area contributed by atoms with Crippen LogP contribution in [0, 0.1) is 11.8 Å². The van der Waals surface area contributed by atoms with E-state index < -0.39 is 0 Å². The number of thiol groups is 1. The number of esters is 1. The molecule has 0 amide bonds. The molecule has 12 heavy (non-hydrogen) atoms. The van der Waals surface area contributed by atoms with Crippen molar-refractivity contribution in [2.24, 2.45) is 11.8 Å². The van der Waals surface area contributed by atoms with Crippen LogP contribution in [0.3, 0.4) is 0 Å². The summed E-state index contributed by atoms with van der Waals surface area (Å²) < 4.78 is 4.80. The van der Waals surface area contributed by atoms with Gasteiger partial charge in [0.1, 0.15) is 5.78 Å². The molecule has 0 saturated heterocycles. The summed E-state index contributed by atoms with van der Waals surface area (Å²) in [6.45, 7) is 1.74. The lowest BCUT2D eigenvalue weighted by Gasteiger charge is -2.33. The Morgan fingerprint density at radius 2 is 2.42 bits per heavy atom. The van der Waals surface area contributed by atoms with Crippen LogP contribution in [-0.4, -0.2) is 24.1 Å². The van der Waals surface area contributed by atoms with Crippen LogP contribution in [0.15, 0.2) is 0 Å². The molecule has 1 fully saturated rings. The normalized spacial score (nSPS) is 28.0. The van der Waals surface area contributed by atoms with E-state index in [2.05, 4.69) is 12.6 Å². The van der Waals surface area contributed by atoms with Crippen molar-refractivity contribution in [1.82, 2.24) is 0 Å². The van der Waals surface area contributed by atoms with Gasteiger partial charge in [0, 0.05) is 30.9 Å². The fourth-order valence-corrected chi connectivity index (χ4v) is 1.81. The van der Waals surface area contributed by atoms with E-state index in [0.29, 0.717) is 18.8 Å². The molecule has 0 heterocycles. The van der Waals surface area contributed by atoms with E-state index in [1.165, 1.54) is 6.92 Å². The first-order chi connectivity index (χ1) is 5.65. The lowest BCUT2D eigenvalue weighted by Crippen LogP contribution is -2.41. The number of hydrogen-bond acceptors (Lipinski definition) is 4. The van der Waals surface area contributed by atoms with E-state index in [1.54, 1.807) is 0 Å². The van der Waals surface area contributed by atoms with Crippen molar-refractivity contribution in [1.29, 1.82) is 0 Å². The van der Waals surface area contributed by atoms with E-state index in [9.17, 15) is 9.59 Å². The zero-order valence-electron chi connectivity index (χ0n) is 6.95.